The number of nitrogens with one attached hydrogen (secondary N) is 5. The Morgan fingerprint density at radius 3 is 0.390 bits per heavy atom. The highest BCUT2D eigenvalue weighted by atomic mass is 14.9. The molecule has 51 N–H and O–H groups in total. The first-order valence-corrected chi connectivity index (χ1v) is 40.6. The lowest BCUT2D eigenvalue weighted by molar-refractivity contribution is 0.557. The number of hydrogen-bond donors (Lipinski definition) is 28. The monoisotopic (exact) mass is 1450 g/mol. The Hall–Kier alpha value is -1.12. The summed E-state index contributed by atoms with van der Waals surface area (Å²) in [6.45, 7) is 30.4. The standard InChI is InChI=1S/C12H30N4.C11H27N3.C8H20N2.2C7H19N3.C6H16N2.2C5H14N2.C4H12N2.C3H10N2.C2H8N2.C2H7N/c13-7-3-1-4-9-15-10-5-2-6-11-16-12-8-14;12-8-5-3-1-2-4-6-10-14-11-7-9-13;9-7-5-3-1-2-4-6-8-10;8-4-1-2-6-10-7-3-5-9;8-4-2-1-3-6-10-7-5-9;7-5-3-1-2-4-6-8;2*6-4-2-1-3-5-7;5-3-1-2-4-6;4-2-1-3-5;3-1-2-4;1-2-3/h15-16H,1-14H2;14H,1-13H2;1-10H2;2*10H,1-9H2;1-8H2;2*1-7H2;1-6H2;1-5H2;1-4H2;2-3H2,1H3. The summed E-state index contributed by atoms with van der Waals surface area (Å²) < 4.78 is 0. The topological polar surface area (TPSA) is 659 Å². The lowest BCUT2D eigenvalue weighted by Crippen LogP contribution is -2.23. The van der Waals surface area contributed by atoms with E-state index in [4.69, 9.17) is 132 Å². The molecule has 0 aliphatic heterocycles. The van der Waals surface area contributed by atoms with Gasteiger partial charge in [0.1, 0.15) is 0 Å². The quantitative estimate of drug-likeness (QED) is 0.0372. The second kappa shape index (κ2) is 164. The van der Waals surface area contributed by atoms with Gasteiger partial charge in [-0.05, 0) is 324 Å². The highest BCUT2D eigenvalue weighted by Gasteiger charge is 1.94. The number of nitrogens with two attached hydrogens (primary N) is 23. The van der Waals surface area contributed by atoms with Crippen LogP contribution in [0.4, 0.5) is 0 Å². The maximum atomic E-state index is 5.42. The largest absolute Gasteiger partial charge is 0.331 e. The summed E-state index contributed by atoms with van der Waals surface area (Å²) in [6, 6.07) is 0. The second-order valence-electron chi connectivity index (χ2n) is 23.9. The average molecular weight is 1450 g/mol. The Labute approximate surface area is 622 Å². The van der Waals surface area contributed by atoms with E-state index in [2.05, 4.69) is 26.6 Å². The van der Waals surface area contributed by atoms with Crippen molar-refractivity contribution in [2.24, 2.45) is 132 Å². The Balaban J connectivity index is -0.0000000864. The number of hydrogen-bond acceptors (Lipinski definition) is 28. The van der Waals surface area contributed by atoms with Crippen LogP contribution in [0.2, 0.25) is 0 Å². The van der Waals surface area contributed by atoms with Crippen molar-refractivity contribution < 1.29 is 0 Å². The van der Waals surface area contributed by atoms with Gasteiger partial charge in [0.05, 0.1) is 0 Å². The number of unbranched alkanes of at least 4 members (excludes halogenated alkanes) is 25. The summed E-state index contributed by atoms with van der Waals surface area (Å²) in [7, 11) is 0. The molecule has 624 valence electrons. The molecule has 0 aromatic rings. The van der Waals surface area contributed by atoms with Crippen molar-refractivity contribution in [2.75, 3.05) is 216 Å². The third-order valence-electron chi connectivity index (χ3n) is 13.6. The molecular formula is C72H196N28. The molecule has 0 amide bonds. The van der Waals surface area contributed by atoms with Gasteiger partial charge in [-0.15, -0.1) is 0 Å². The molecule has 0 aromatic carbocycles. The van der Waals surface area contributed by atoms with E-state index in [1.165, 1.54) is 154 Å². The molecule has 100 heavy (non-hydrogen) atoms. The zero-order valence-electron chi connectivity index (χ0n) is 67.0. The van der Waals surface area contributed by atoms with Crippen molar-refractivity contribution in [1.82, 2.24) is 26.6 Å². The van der Waals surface area contributed by atoms with E-state index < -0.39 is 0 Å². The Morgan fingerprint density at radius 1 is 0.110 bits per heavy atom. The van der Waals surface area contributed by atoms with Crippen LogP contribution in [0.5, 0.6) is 0 Å². The van der Waals surface area contributed by atoms with Crippen molar-refractivity contribution in [2.45, 2.75) is 251 Å². The van der Waals surface area contributed by atoms with E-state index in [-0.39, 0.29) is 0 Å². The van der Waals surface area contributed by atoms with Crippen LogP contribution < -0.4 is 158 Å². The molecule has 0 rings (SSSR count). The summed E-state index contributed by atoms with van der Waals surface area (Å²) in [5.74, 6) is 0. The van der Waals surface area contributed by atoms with Crippen LogP contribution in [0.25, 0.3) is 0 Å². The third kappa shape index (κ3) is 225. The normalized spacial score (nSPS) is 9.84. The summed E-state index contributed by atoms with van der Waals surface area (Å²) in [6.07, 6.45) is 45.8. The lowest BCUT2D eigenvalue weighted by atomic mass is 10.1. The maximum Gasteiger partial charge on any atom is 0.00745 e. The Morgan fingerprint density at radius 2 is 0.220 bits per heavy atom. The molecular weight excluding hydrogens is 1260 g/mol. The Kier molecular flexibility index (Phi) is 206. The maximum absolute atomic E-state index is 5.42. The van der Waals surface area contributed by atoms with Gasteiger partial charge in [-0.25, -0.2) is 0 Å². The van der Waals surface area contributed by atoms with E-state index >= 15 is 0 Å². The molecule has 0 aromatic heterocycles. The van der Waals surface area contributed by atoms with E-state index in [1.54, 1.807) is 0 Å². The molecule has 0 bridgehead atoms. The SMILES string of the molecule is CCN.NCCCCCCCCN.NCCCCCCCCNCCCN.NCCCCCCN.NCCCCCN.NCCCCCN.NCCCCCNCCCCCNCCN.NCCCCCNCCN.NCCCCN.NCCCCNCCCN.NCCCN.NCCN. The second-order valence-corrected chi connectivity index (χ2v) is 23.9. The summed E-state index contributed by atoms with van der Waals surface area (Å²) in [5.41, 5.74) is 120. The van der Waals surface area contributed by atoms with Crippen LogP contribution in [0.3, 0.4) is 0 Å². The Bertz CT molecular complexity index is 915. The first-order valence-electron chi connectivity index (χ1n) is 40.6. The molecule has 0 atom stereocenters. The minimum Gasteiger partial charge on any atom is -0.331 e. The fraction of sp³-hybridized carbons (Fsp3) is 1.00. The van der Waals surface area contributed by atoms with Gasteiger partial charge in [0, 0.05) is 39.3 Å². The minimum atomic E-state index is 0.597. The highest BCUT2D eigenvalue weighted by Crippen LogP contribution is 2.05. The molecule has 0 radical (unpaired) electrons. The fourth-order valence-corrected chi connectivity index (χ4v) is 7.57. The predicted octanol–water partition coefficient (Wildman–Crippen LogP) is 0.679. The first kappa shape index (κ1) is 126. The smallest absolute Gasteiger partial charge is 0.00745 e. The molecule has 0 unspecified atom stereocenters. The van der Waals surface area contributed by atoms with Gasteiger partial charge in [-0.1, -0.05) is 103 Å². The van der Waals surface area contributed by atoms with Crippen LogP contribution in [-0.4, -0.2) is 216 Å². The predicted molar refractivity (Wildman–Crippen MR) is 454 cm³/mol. The molecule has 28 nitrogen and oxygen atoms in total. The molecule has 0 saturated carbocycles. The van der Waals surface area contributed by atoms with Gasteiger partial charge in [0.25, 0.3) is 0 Å². The van der Waals surface area contributed by atoms with E-state index in [0.29, 0.717) is 13.1 Å². The van der Waals surface area contributed by atoms with Crippen molar-refractivity contribution in [3.63, 3.8) is 0 Å². The van der Waals surface area contributed by atoms with Gasteiger partial charge in [0.2, 0.25) is 0 Å². The molecule has 0 aliphatic rings. The van der Waals surface area contributed by atoms with E-state index in [9.17, 15) is 0 Å². The zero-order chi connectivity index (χ0) is 77.7. The average Bonchev–Trinajstić information content (AvgIpc) is 3.72. The van der Waals surface area contributed by atoms with Gasteiger partial charge in [-0.2, -0.15) is 0 Å². The molecule has 0 heterocycles. The van der Waals surface area contributed by atoms with Gasteiger partial charge in [0.15, 0.2) is 0 Å². The van der Waals surface area contributed by atoms with Gasteiger partial charge >= 0.3 is 0 Å². The third-order valence-corrected chi connectivity index (χ3v) is 13.6. The van der Waals surface area contributed by atoms with Crippen molar-refractivity contribution in [3.05, 3.63) is 0 Å². The minimum absolute atomic E-state index is 0.597. The first-order chi connectivity index (χ1) is 49.0. The van der Waals surface area contributed by atoms with Crippen LogP contribution in [-0.2, 0) is 0 Å². The van der Waals surface area contributed by atoms with E-state index in [1.807, 2.05) is 6.92 Å². The van der Waals surface area contributed by atoms with Crippen molar-refractivity contribution in [3.8, 4) is 0 Å². The molecule has 0 fully saturated rings. The van der Waals surface area contributed by atoms with E-state index in [0.717, 1.165) is 293 Å². The molecule has 28 heteroatoms. The van der Waals surface area contributed by atoms with Gasteiger partial charge < -0.3 is 158 Å². The molecule has 0 spiro atoms. The number of rotatable bonds is 64. The molecule has 0 aliphatic carbocycles. The van der Waals surface area contributed by atoms with Crippen LogP contribution in [0.15, 0.2) is 0 Å². The zero-order valence-corrected chi connectivity index (χ0v) is 67.0. The summed E-state index contributed by atoms with van der Waals surface area (Å²) in [4.78, 5) is 0. The van der Waals surface area contributed by atoms with Crippen LogP contribution in [0.1, 0.15) is 251 Å². The highest BCUT2D eigenvalue weighted by molar-refractivity contribution is 4.56. The van der Waals surface area contributed by atoms with Crippen molar-refractivity contribution >= 4 is 0 Å². The molecule has 0 saturated heterocycles. The van der Waals surface area contributed by atoms with Crippen LogP contribution in [0, 0.1) is 0 Å². The summed E-state index contributed by atoms with van der Waals surface area (Å²) in [5, 5.41) is 16.7. The van der Waals surface area contributed by atoms with Crippen molar-refractivity contribution in [1.29, 1.82) is 0 Å². The van der Waals surface area contributed by atoms with Crippen LogP contribution >= 0.6 is 0 Å². The fourth-order valence-electron chi connectivity index (χ4n) is 7.57. The lowest BCUT2D eigenvalue weighted by Gasteiger charge is -2.05. The summed E-state index contributed by atoms with van der Waals surface area (Å²) >= 11 is 0. The van der Waals surface area contributed by atoms with Gasteiger partial charge in [-0.3, -0.25) is 0 Å².